The third kappa shape index (κ3) is 7.47. The number of amides is 6. The van der Waals surface area contributed by atoms with E-state index in [1.807, 2.05) is 31.2 Å². The Bertz CT molecular complexity index is 2130. The number of anilines is 2. The monoisotopic (exact) mass is 790 g/mol. The van der Waals surface area contributed by atoms with Gasteiger partial charge in [0.15, 0.2) is 5.82 Å². The molecule has 0 bridgehead atoms. The fourth-order valence-electron chi connectivity index (χ4n) is 9.72. The van der Waals surface area contributed by atoms with Crippen LogP contribution in [-0.2, 0) is 14.3 Å². The number of piperidine rings is 2. The standard InChI is InChI=1S/C43H50N8O7/c1-25-12-19-50(25)43(57)58-32-8-6-30(20-32)35-22-37(47-46-35)44-39(53)29-4-2-27(3-5-29)28-14-16-48(17-15-28)23-26-13-18-49(24-26)31-7-9-33-34(21-31)42(56)51(41(33)55)36-10-11-38(52)45-40(36)54/h2-5,7,9,21-22,25-26,28,30,32,36H,6,8,10-20,23-24H2,1H3,(H,45,52,54)(H2,44,46,47,53)/t25-,26-,30+,32-,36?/m1/s1. The lowest BCUT2D eigenvalue weighted by Crippen LogP contribution is -2.54. The maximum atomic E-state index is 13.3. The Hall–Kier alpha value is -5.57. The first kappa shape index (κ1) is 38.0. The lowest BCUT2D eigenvalue weighted by molar-refractivity contribution is -0.136. The average Bonchev–Trinajstić information content (AvgIpc) is 4.03. The molecular formula is C43H50N8O7. The molecule has 6 amide bonds. The third-order valence-corrected chi connectivity index (χ3v) is 13.3. The number of benzene rings is 2. The number of hydrogen-bond acceptors (Lipinski definition) is 10. The summed E-state index contributed by atoms with van der Waals surface area (Å²) in [4.78, 5) is 83.7. The van der Waals surface area contributed by atoms with E-state index in [1.165, 1.54) is 5.56 Å². The average molecular weight is 791 g/mol. The van der Waals surface area contributed by atoms with Gasteiger partial charge < -0.3 is 24.8 Å². The van der Waals surface area contributed by atoms with Gasteiger partial charge in [0.05, 0.1) is 11.1 Å². The van der Waals surface area contributed by atoms with E-state index < -0.39 is 29.7 Å². The minimum atomic E-state index is -0.973. The first-order chi connectivity index (χ1) is 28.1. The summed E-state index contributed by atoms with van der Waals surface area (Å²) in [5.41, 5.74) is 4.27. The number of nitrogens with zero attached hydrogens (tertiary/aromatic N) is 5. The Morgan fingerprint density at radius 2 is 1.64 bits per heavy atom. The number of aromatic nitrogens is 2. The lowest BCUT2D eigenvalue weighted by Gasteiger charge is -2.38. The molecule has 5 fully saturated rings. The van der Waals surface area contributed by atoms with Crippen LogP contribution in [0.25, 0.3) is 0 Å². The van der Waals surface area contributed by atoms with E-state index in [-0.39, 0.29) is 42.9 Å². The Kier molecular flexibility index (Phi) is 10.2. The number of aromatic amines is 1. The van der Waals surface area contributed by atoms with E-state index in [4.69, 9.17) is 4.74 Å². The van der Waals surface area contributed by atoms with Gasteiger partial charge in [-0.15, -0.1) is 0 Å². The van der Waals surface area contributed by atoms with Crippen LogP contribution in [0.2, 0.25) is 0 Å². The molecule has 58 heavy (non-hydrogen) atoms. The molecule has 1 aliphatic carbocycles. The van der Waals surface area contributed by atoms with Crippen LogP contribution < -0.4 is 15.5 Å². The molecule has 5 aliphatic heterocycles. The van der Waals surface area contributed by atoms with Crippen molar-refractivity contribution in [1.29, 1.82) is 0 Å². The zero-order valence-electron chi connectivity index (χ0n) is 32.8. The van der Waals surface area contributed by atoms with Gasteiger partial charge >= 0.3 is 6.09 Å². The maximum Gasteiger partial charge on any atom is 0.410 e. The molecule has 1 aromatic heterocycles. The van der Waals surface area contributed by atoms with Crippen LogP contribution in [0.1, 0.15) is 119 Å². The second kappa shape index (κ2) is 15.6. The molecule has 6 heterocycles. The maximum absolute atomic E-state index is 13.3. The van der Waals surface area contributed by atoms with Gasteiger partial charge in [0.25, 0.3) is 17.7 Å². The number of hydrogen-bond donors (Lipinski definition) is 3. The number of likely N-dealkylation sites (tertiary alicyclic amines) is 2. The molecule has 15 nitrogen and oxygen atoms in total. The normalized spacial score (nSPS) is 26.5. The van der Waals surface area contributed by atoms with Crippen molar-refractivity contribution in [2.75, 3.05) is 49.5 Å². The minimum Gasteiger partial charge on any atom is -0.446 e. The highest BCUT2D eigenvalue weighted by Crippen LogP contribution is 2.37. The molecule has 0 spiro atoms. The van der Waals surface area contributed by atoms with Crippen LogP contribution in [0.4, 0.5) is 16.3 Å². The summed E-state index contributed by atoms with van der Waals surface area (Å²) in [6.45, 7) is 7.51. The zero-order chi connectivity index (χ0) is 40.1. The van der Waals surface area contributed by atoms with E-state index in [0.29, 0.717) is 34.3 Å². The second-order valence-electron chi connectivity index (χ2n) is 17.0. The summed E-state index contributed by atoms with van der Waals surface area (Å²) < 4.78 is 5.75. The van der Waals surface area contributed by atoms with Gasteiger partial charge in [0.2, 0.25) is 11.8 Å². The Morgan fingerprint density at radius 3 is 2.38 bits per heavy atom. The molecule has 4 saturated heterocycles. The molecular weight excluding hydrogens is 741 g/mol. The smallest absolute Gasteiger partial charge is 0.410 e. The van der Waals surface area contributed by atoms with Crippen molar-refractivity contribution in [2.45, 2.75) is 94.7 Å². The van der Waals surface area contributed by atoms with Crippen molar-refractivity contribution in [1.82, 2.24) is 30.2 Å². The summed E-state index contributed by atoms with van der Waals surface area (Å²) in [6, 6.07) is 14.4. The topological polar surface area (TPSA) is 177 Å². The lowest BCUT2D eigenvalue weighted by atomic mass is 9.88. The van der Waals surface area contributed by atoms with Gasteiger partial charge in [0.1, 0.15) is 12.1 Å². The highest BCUT2D eigenvalue weighted by atomic mass is 16.6. The van der Waals surface area contributed by atoms with Crippen molar-refractivity contribution in [3.05, 3.63) is 76.5 Å². The second-order valence-corrected chi connectivity index (χ2v) is 17.0. The molecule has 5 atom stereocenters. The van der Waals surface area contributed by atoms with E-state index in [0.717, 1.165) is 100 Å². The number of carbonyl (C=O) groups is 6. The van der Waals surface area contributed by atoms with Crippen LogP contribution in [0, 0.1) is 5.92 Å². The third-order valence-electron chi connectivity index (χ3n) is 13.3. The molecule has 1 unspecified atom stereocenters. The van der Waals surface area contributed by atoms with Crippen LogP contribution in [0.15, 0.2) is 48.5 Å². The van der Waals surface area contributed by atoms with Gasteiger partial charge in [0, 0.05) is 67.6 Å². The molecule has 2 aromatic carbocycles. The first-order valence-corrected chi connectivity index (χ1v) is 20.8. The summed E-state index contributed by atoms with van der Waals surface area (Å²) in [5, 5.41) is 12.6. The number of imide groups is 2. The Morgan fingerprint density at radius 1 is 0.845 bits per heavy atom. The summed E-state index contributed by atoms with van der Waals surface area (Å²) >= 11 is 0. The quantitative estimate of drug-likeness (QED) is 0.259. The summed E-state index contributed by atoms with van der Waals surface area (Å²) in [6.07, 6.45) is 6.50. The predicted molar refractivity (Wildman–Crippen MR) is 212 cm³/mol. The molecule has 15 heteroatoms. The predicted octanol–water partition coefficient (Wildman–Crippen LogP) is 4.64. The van der Waals surface area contributed by atoms with Crippen molar-refractivity contribution in [3.8, 4) is 0 Å². The highest BCUT2D eigenvalue weighted by Gasteiger charge is 2.45. The van der Waals surface area contributed by atoms with Gasteiger partial charge in [-0.3, -0.25) is 39.3 Å². The number of ether oxygens (including phenoxy) is 1. The first-order valence-electron chi connectivity index (χ1n) is 20.8. The van der Waals surface area contributed by atoms with Gasteiger partial charge in [-0.2, -0.15) is 5.10 Å². The Labute approximate surface area is 336 Å². The van der Waals surface area contributed by atoms with Crippen molar-refractivity contribution >= 4 is 47.1 Å². The molecule has 9 rings (SSSR count). The molecule has 1 saturated carbocycles. The molecule has 3 aromatic rings. The molecule has 304 valence electrons. The minimum absolute atomic E-state index is 0.0919. The van der Waals surface area contributed by atoms with Crippen LogP contribution in [0.3, 0.4) is 0 Å². The highest BCUT2D eigenvalue weighted by molar-refractivity contribution is 6.23. The number of nitrogens with one attached hydrogen (secondary N) is 3. The van der Waals surface area contributed by atoms with Gasteiger partial charge in [-0.1, -0.05) is 12.1 Å². The van der Waals surface area contributed by atoms with Crippen molar-refractivity contribution < 1.29 is 33.5 Å². The molecule has 3 N–H and O–H groups in total. The van der Waals surface area contributed by atoms with Crippen molar-refractivity contribution in [3.63, 3.8) is 0 Å². The van der Waals surface area contributed by atoms with Gasteiger partial charge in [-0.25, -0.2) is 4.79 Å². The number of H-pyrrole nitrogens is 1. The number of rotatable bonds is 9. The zero-order valence-corrected chi connectivity index (χ0v) is 32.8. The molecule has 0 radical (unpaired) electrons. The van der Waals surface area contributed by atoms with Gasteiger partial charge in [-0.05, 0) is 119 Å². The largest absolute Gasteiger partial charge is 0.446 e. The van der Waals surface area contributed by atoms with E-state index in [9.17, 15) is 28.8 Å². The van der Waals surface area contributed by atoms with Crippen molar-refractivity contribution in [2.24, 2.45) is 5.92 Å². The summed E-state index contributed by atoms with van der Waals surface area (Å²) in [5.74, 6) is -0.593. The fourth-order valence-corrected chi connectivity index (χ4v) is 9.72. The number of fused-ring (bicyclic) bond motifs is 1. The van der Waals surface area contributed by atoms with Crippen LogP contribution in [0.5, 0.6) is 0 Å². The van der Waals surface area contributed by atoms with E-state index in [2.05, 4.69) is 42.8 Å². The number of carbonyl (C=O) groups excluding carboxylic acids is 6. The molecule has 6 aliphatic rings. The van der Waals surface area contributed by atoms with Crippen LogP contribution in [-0.4, -0.2) is 118 Å². The van der Waals surface area contributed by atoms with Crippen LogP contribution >= 0.6 is 0 Å². The Balaban J connectivity index is 0.718. The fraction of sp³-hybridized carbons (Fsp3) is 0.512. The van der Waals surface area contributed by atoms with E-state index >= 15 is 0 Å². The summed E-state index contributed by atoms with van der Waals surface area (Å²) in [7, 11) is 0. The SMILES string of the molecule is C[C@@H]1CCN1C(=O)O[C@@H]1CC[C@H](c2cc(NC(=O)c3ccc(C4CCN(C[C@H]5CCN(c6ccc7c(c6)C(=O)N(C6CCC(=O)NC6=O)C7=O)C5)CC4)cc3)n[nH]2)C1. The van der Waals surface area contributed by atoms with E-state index in [1.54, 1.807) is 17.0 Å².